The monoisotopic (exact) mass is 373 g/mol. The minimum Gasteiger partial charge on any atom is -0.382 e. The smallest absolute Gasteiger partial charge is 0.348 e. The molecule has 0 amide bonds. The lowest BCUT2D eigenvalue weighted by Gasteiger charge is -2.41. The Morgan fingerprint density at radius 1 is 1.31 bits per heavy atom. The SMILES string of the molecule is CC(C)(O)c1noc(N2C=NC3c4ccccc4N4CN(Cl)C=C4N32)n1. The van der Waals surface area contributed by atoms with Gasteiger partial charge in [-0.2, -0.15) is 9.99 Å². The maximum absolute atomic E-state index is 10.1. The molecule has 2 aromatic rings. The van der Waals surface area contributed by atoms with Crippen LogP contribution < -0.4 is 9.91 Å². The summed E-state index contributed by atoms with van der Waals surface area (Å²) in [7, 11) is 0. The van der Waals surface area contributed by atoms with Crippen LogP contribution in [0.25, 0.3) is 0 Å². The van der Waals surface area contributed by atoms with Crippen molar-refractivity contribution in [2.24, 2.45) is 4.99 Å². The number of aliphatic imine (C=N–C) groups is 1. The van der Waals surface area contributed by atoms with Gasteiger partial charge in [0.2, 0.25) is 5.82 Å². The summed E-state index contributed by atoms with van der Waals surface area (Å²) in [5.74, 6) is 1.06. The van der Waals surface area contributed by atoms with E-state index >= 15 is 0 Å². The molecule has 1 N–H and O–H groups in total. The first-order valence-corrected chi connectivity index (χ1v) is 8.46. The normalized spacial score (nSPS) is 21.1. The molecule has 0 spiro atoms. The van der Waals surface area contributed by atoms with Crippen LogP contribution in [0.2, 0.25) is 0 Å². The molecule has 0 saturated heterocycles. The van der Waals surface area contributed by atoms with E-state index in [-0.39, 0.29) is 18.0 Å². The van der Waals surface area contributed by atoms with Crippen LogP contribution in [0.4, 0.5) is 11.7 Å². The number of nitrogens with zero attached hydrogens (tertiary/aromatic N) is 7. The van der Waals surface area contributed by atoms with Gasteiger partial charge >= 0.3 is 6.01 Å². The lowest BCUT2D eigenvalue weighted by atomic mass is 10.1. The zero-order valence-corrected chi connectivity index (χ0v) is 14.9. The van der Waals surface area contributed by atoms with Gasteiger partial charge in [0.1, 0.15) is 24.4 Å². The number of hydrazine groups is 1. The Bertz CT molecular complexity index is 935. The van der Waals surface area contributed by atoms with Crippen LogP contribution in [0.5, 0.6) is 0 Å². The van der Waals surface area contributed by atoms with Crippen LogP contribution in [-0.2, 0) is 5.60 Å². The molecular formula is C16H16ClN7O2. The van der Waals surface area contributed by atoms with Crippen molar-refractivity contribution in [3.63, 3.8) is 0 Å². The second-order valence-electron chi connectivity index (χ2n) is 6.80. The maximum Gasteiger partial charge on any atom is 0.348 e. The second-order valence-corrected chi connectivity index (χ2v) is 7.24. The summed E-state index contributed by atoms with van der Waals surface area (Å²) in [6, 6.07) is 8.29. The van der Waals surface area contributed by atoms with E-state index < -0.39 is 5.60 Å². The summed E-state index contributed by atoms with van der Waals surface area (Å²) in [5, 5.41) is 17.6. The number of hydrogen-bond acceptors (Lipinski definition) is 9. The number of benzene rings is 1. The molecule has 1 unspecified atom stereocenters. The Balaban J connectivity index is 1.59. The second kappa shape index (κ2) is 5.12. The van der Waals surface area contributed by atoms with Crippen LogP contribution in [0.15, 0.2) is 45.8 Å². The molecule has 0 aliphatic carbocycles. The quantitative estimate of drug-likeness (QED) is 0.801. The van der Waals surface area contributed by atoms with E-state index in [1.54, 1.807) is 29.6 Å². The van der Waals surface area contributed by atoms with E-state index in [4.69, 9.17) is 16.3 Å². The number of rotatable bonds is 2. The van der Waals surface area contributed by atoms with Crippen LogP contribution in [-0.4, -0.2) is 37.7 Å². The molecule has 0 saturated carbocycles. The Hall–Kier alpha value is -2.78. The van der Waals surface area contributed by atoms with Crippen LogP contribution >= 0.6 is 11.8 Å². The number of anilines is 2. The predicted octanol–water partition coefficient (Wildman–Crippen LogP) is 2.11. The van der Waals surface area contributed by atoms with Crippen LogP contribution in [0.3, 0.4) is 0 Å². The summed E-state index contributed by atoms with van der Waals surface area (Å²) in [5.41, 5.74) is 0.917. The first-order valence-electron chi connectivity index (χ1n) is 8.12. The topological polar surface area (TPSA) is 84.5 Å². The van der Waals surface area contributed by atoms with E-state index in [0.29, 0.717) is 6.67 Å². The summed E-state index contributed by atoms with van der Waals surface area (Å²) >= 11 is 6.25. The lowest BCUT2D eigenvalue weighted by Crippen LogP contribution is -2.46. The van der Waals surface area contributed by atoms with Gasteiger partial charge in [0, 0.05) is 17.3 Å². The Morgan fingerprint density at radius 3 is 2.88 bits per heavy atom. The van der Waals surface area contributed by atoms with E-state index in [1.165, 1.54) is 0 Å². The molecule has 0 fully saturated rings. The zero-order valence-electron chi connectivity index (χ0n) is 14.1. The molecule has 1 aromatic carbocycles. The molecule has 26 heavy (non-hydrogen) atoms. The van der Waals surface area contributed by atoms with Gasteiger partial charge in [0.15, 0.2) is 6.17 Å². The third-order valence-corrected chi connectivity index (χ3v) is 4.69. The predicted molar refractivity (Wildman–Crippen MR) is 94.7 cm³/mol. The molecule has 3 aliphatic rings. The molecular weight excluding hydrogens is 358 g/mol. The van der Waals surface area contributed by atoms with Crippen molar-refractivity contribution >= 4 is 29.8 Å². The van der Waals surface area contributed by atoms with Gasteiger partial charge in [-0.1, -0.05) is 23.4 Å². The highest BCUT2D eigenvalue weighted by atomic mass is 35.5. The summed E-state index contributed by atoms with van der Waals surface area (Å²) in [4.78, 5) is 11.0. The fraction of sp³-hybridized carbons (Fsp3) is 0.312. The van der Waals surface area contributed by atoms with Gasteiger partial charge in [-0.25, -0.2) is 10.0 Å². The number of aliphatic hydroxyl groups is 1. The summed E-state index contributed by atoms with van der Waals surface area (Å²) in [6.45, 7) is 3.72. The molecule has 4 heterocycles. The molecule has 134 valence electrons. The largest absolute Gasteiger partial charge is 0.382 e. The van der Waals surface area contributed by atoms with Crippen molar-refractivity contribution in [3.8, 4) is 0 Å². The van der Waals surface area contributed by atoms with Gasteiger partial charge in [0.05, 0.1) is 11.9 Å². The molecule has 5 rings (SSSR count). The van der Waals surface area contributed by atoms with Crippen molar-refractivity contribution in [3.05, 3.63) is 47.7 Å². The highest BCUT2D eigenvalue weighted by Crippen LogP contribution is 2.46. The van der Waals surface area contributed by atoms with Crippen molar-refractivity contribution in [1.29, 1.82) is 0 Å². The van der Waals surface area contributed by atoms with Crippen molar-refractivity contribution in [2.75, 3.05) is 16.6 Å². The molecule has 10 heteroatoms. The Labute approximate surface area is 154 Å². The van der Waals surface area contributed by atoms with E-state index in [0.717, 1.165) is 17.1 Å². The molecule has 1 aromatic heterocycles. The van der Waals surface area contributed by atoms with Crippen LogP contribution in [0.1, 0.15) is 31.4 Å². The zero-order chi connectivity index (χ0) is 18.1. The van der Waals surface area contributed by atoms with Gasteiger partial charge < -0.3 is 14.5 Å². The Morgan fingerprint density at radius 2 is 2.12 bits per heavy atom. The number of hydrogen-bond donors (Lipinski definition) is 1. The summed E-state index contributed by atoms with van der Waals surface area (Å²) in [6.07, 6.45) is 3.22. The molecule has 1 atom stereocenters. The lowest BCUT2D eigenvalue weighted by molar-refractivity contribution is 0.0661. The van der Waals surface area contributed by atoms with Gasteiger partial charge in [0.25, 0.3) is 0 Å². The highest BCUT2D eigenvalue weighted by Gasteiger charge is 2.45. The third-order valence-electron chi connectivity index (χ3n) is 4.49. The third kappa shape index (κ3) is 2.10. The van der Waals surface area contributed by atoms with Gasteiger partial charge in [-0.15, -0.1) is 0 Å². The van der Waals surface area contributed by atoms with Gasteiger partial charge in [-0.3, -0.25) is 4.42 Å². The average Bonchev–Trinajstić information content (AvgIpc) is 3.30. The highest BCUT2D eigenvalue weighted by molar-refractivity contribution is 6.14. The molecule has 0 radical (unpaired) electrons. The van der Waals surface area contributed by atoms with E-state index in [9.17, 15) is 5.11 Å². The Kier molecular flexibility index (Phi) is 3.05. The molecule has 9 nitrogen and oxygen atoms in total. The average molecular weight is 374 g/mol. The molecule has 3 aliphatic heterocycles. The standard InChI is InChI=1S/C16H16ClN7O2/c1-16(2,25)14-19-15(26-20-14)23-8-18-13-10-5-3-4-6-11(10)22-9-21(17)7-12(22)24(13)23/h3-8,13,25H,9H2,1-2H3. The van der Waals surface area contributed by atoms with Crippen LogP contribution in [0, 0.1) is 0 Å². The minimum atomic E-state index is -1.20. The number of para-hydroxylation sites is 1. The number of fused-ring (bicyclic) bond motifs is 6. The first kappa shape index (κ1) is 15.5. The van der Waals surface area contributed by atoms with Crippen molar-refractivity contribution in [1.82, 2.24) is 19.6 Å². The van der Waals surface area contributed by atoms with Crippen molar-refractivity contribution in [2.45, 2.75) is 25.6 Å². The fourth-order valence-electron chi connectivity index (χ4n) is 3.29. The molecule has 0 bridgehead atoms. The summed E-state index contributed by atoms with van der Waals surface area (Å²) < 4.78 is 6.95. The fourth-order valence-corrected chi connectivity index (χ4v) is 3.48. The maximum atomic E-state index is 10.1. The van der Waals surface area contributed by atoms with Crippen molar-refractivity contribution < 1.29 is 9.63 Å². The number of halogens is 1. The van der Waals surface area contributed by atoms with E-state index in [2.05, 4.69) is 20.0 Å². The van der Waals surface area contributed by atoms with E-state index in [1.807, 2.05) is 35.5 Å². The first-order chi connectivity index (χ1) is 12.4. The number of aromatic nitrogens is 2. The minimum absolute atomic E-state index is 0.206. The van der Waals surface area contributed by atoms with Gasteiger partial charge in [-0.05, 0) is 19.9 Å².